The molecule has 0 amide bonds. The predicted molar refractivity (Wildman–Crippen MR) is 82.4 cm³/mol. The number of nitrogens with zero attached hydrogens (tertiary/aromatic N) is 1. The third kappa shape index (κ3) is 2.89. The molecule has 1 aromatic heterocycles. The van der Waals surface area contributed by atoms with Crippen LogP contribution in [-0.4, -0.2) is 36.8 Å². The Morgan fingerprint density at radius 2 is 2.14 bits per heavy atom. The lowest BCUT2D eigenvalue weighted by atomic mass is 9.86. The third-order valence-corrected chi connectivity index (χ3v) is 6.75. The van der Waals surface area contributed by atoms with Crippen LogP contribution in [0.1, 0.15) is 44.7 Å². The average molecular weight is 311 g/mol. The molecule has 0 bridgehead atoms. The van der Waals surface area contributed by atoms with Gasteiger partial charge in [-0.05, 0) is 37.8 Å². The maximum absolute atomic E-state index is 12.9. The third-order valence-electron chi connectivity index (χ3n) is 4.85. The minimum Gasteiger partial charge on any atom is -0.363 e. The van der Waals surface area contributed by atoms with Gasteiger partial charge in [-0.25, -0.2) is 8.42 Å². The van der Waals surface area contributed by atoms with E-state index in [1.54, 1.807) is 16.6 Å². The molecule has 1 aliphatic carbocycles. The first-order valence-electron chi connectivity index (χ1n) is 8.03. The summed E-state index contributed by atoms with van der Waals surface area (Å²) < 4.78 is 27.5. The second-order valence-corrected chi connectivity index (χ2v) is 8.05. The summed E-state index contributed by atoms with van der Waals surface area (Å²) in [6.45, 7) is 4.27. The van der Waals surface area contributed by atoms with Gasteiger partial charge in [0, 0.05) is 31.0 Å². The Labute approximate surface area is 127 Å². The van der Waals surface area contributed by atoms with E-state index in [9.17, 15) is 8.42 Å². The van der Waals surface area contributed by atoms with E-state index in [2.05, 4.69) is 10.3 Å². The highest BCUT2D eigenvalue weighted by atomic mass is 32.2. The van der Waals surface area contributed by atoms with Gasteiger partial charge in [0.25, 0.3) is 0 Å². The number of aromatic nitrogens is 1. The lowest BCUT2D eigenvalue weighted by molar-refractivity contribution is 0.260. The van der Waals surface area contributed by atoms with Gasteiger partial charge in [0.2, 0.25) is 10.0 Å². The number of rotatable bonds is 5. The molecular formula is C15H25N3O2S. The molecule has 3 rings (SSSR count). The number of nitrogens with one attached hydrogen (secondary N) is 2. The van der Waals surface area contributed by atoms with Crippen LogP contribution in [0.3, 0.4) is 0 Å². The molecule has 2 heterocycles. The highest BCUT2D eigenvalue weighted by Crippen LogP contribution is 2.39. The molecule has 0 radical (unpaired) electrons. The van der Waals surface area contributed by atoms with E-state index in [1.807, 2.05) is 6.92 Å². The Morgan fingerprint density at radius 3 is 2.95 bits per heavy atom. The van der Waals surface area contributed by atoms with Crippen molar-refractivity contribution in [3.8, 4) is 0 Å². The van der Waals surface area contributed by atoms with Crippen LogP contribution in [0.25, 0.3) is 0 Å². The van der Waals surface area contributed by atoms with E-state index in [0.717, 1.165) is 31.5 Å². The zero-order valence-corrected chi connectivity index (χ0v) is 13.5. The fourth-order valence-corrected chi connectivity index (χ4v) is 5.48. The van der Waals surface area contributed by atoms with E-state index in [4.69, 9.17) is 0 Å². The van der Waals surface area contributed by atoms with E-state index in [-0.39, 0.29) is 6.04 Å². The Morgan fingerprint density at radius 1 is 1.33 bits per heavy atom. The van der Waals surface area contributed by atoms with Gasteiger partial charge < -0.3 is 10.3 Å². The molecule has 1 saturated heterocycles. The summed E-state index contributed by atoms with van der Waals surface area (Å²) in [5.41, 5.74) is 0.926. The molecule has 0 spiro atoms. The quantitative estimate of drug-likeness (QED) is 0.875. The van der Waals surface area contributed by atoms with Gasteiger partial charge in [-0.15, -0.1) is 0 Å². The van der Waals surface area contributed by atoms with Crippen LogP contribution in [0.15, 0.2) is 17.2 Å². The van der Waals surface area contributed by atoms with E-state index in [0.29, 0.717) is 23.9 Å². The largest absolute Gasteiger partial charge is 0.363 e. The summed E-state index contributed by atoms with van der Waals surface area (Å²) in [7, 11) is -3.34. The fraction of sp³-hybridized carbons (Fsp3) is 0.733. The fourth-order valence-electron chi connectivity index (χ4n) is 3.73. The second-order valence-electron chi connectivity index (χ2n) is 6.16. The molecule has 2 unspecified atom stereocenters. The Kier molecular flexibility index (Phi) is 4.38. The van der Waals surface area contributed by atoms with Gasteiger partial charge in [0.05, 0.1) is 4.90 Å². The van der Waals surface area contributed by atoms with Crippen LogP contribution in [0.5, 0.6) is 0 Å². The molecule has 5 nitrogen and oxygen atoms in total. The number of hydrogen-bond acceptors (Lipinski definition) is 3. The smallest absolute Gasteiger partial charge is 0.244 e. The molecule has 2 atom stereocenters. The molecular weight excluding hydrogens is 286 g/mol. The van der Waals surface area contributed by atoms with Crippen LogP contribution in [0.4, 0.5) is 0 Å². The Bertz CT molecular complexity index is 581. The summed E-state index contributed by atoms with van der Waals surface area (Å²) in [6.07, 6.45) is 7.29. The molecule has 2 N–H and O–H groups in total. The Hall–Kier alpha value is -0.850. The van der Waals surface area contributed by atoms with Crippen molar-refractivity contribution in [1.29, 1.82) is 0 Å². The zero-order chi connectivity index (χ0) is 14.9. The lowest BCUT2D eigenvalue weighted by Crippen LogP contribution is -2.39. The van der Waals surface area contributed by atoms with Crippen LogP contribution in [0, 0.1) is 5.92 Å². The van der Waals surface area contributed by atoms with Crippen molar-refractivity contribution in [2.75, 3.05) is 13.1 Å². The predicted octanol–water partition coefficient (Wildman–Crippen LogP) is 2.08. The molecule has 2 aliphatic rings. The normalized spacial score (nSPS) is 26.9. The highest BCUT2D eigenvalue weighted by molar-refractivity contribution is 7.89. The van der Waals surface area contributed by atoms with Gasteiger partial charge in [-0.2, -0.15) is 4.31 Å². The van der Waals surface area contributed by atoms with Crippen molar-refractivity contribution in [1.82, 2.24) is 14.6 Å². The maximum Gasteiger partial charge on any atom is 0.244 e. The van der Waals surface area contributed by atoms with E-state index < -0.39 is 10.0 Å². The Balaban J connectivity index is 1.78. The molecule has 6 heteroatoms. The first-order chi connectivity index (χ1) is 10.1. The standard InChI is InChI=1S/C15H25N3O2S/c1-2-16-10-13-9-14(11-17-13)21(19,20)18-8-7-12-5-3-4-6-15(12)18/h9,11-12,15-17H,2-8,10H2,1H3. The van der Waals surface area contributed by atoms with Gasteiger partial charge in [0.15, 0.2) is 0 Å². The summed E-state index contributed by atoms with van der Waals surface area (Å²) in [5, 5.41) is 3.20. The lowest BCUT2D eigenvalue weighted by Gasteiger charge is -2.30. The summed E-state index contributed by atoms with van der Waals surface area (Å²) in [5.74, 6) is 0.577. The summed E-state index contributed by atoms with van der Waals surface area (Å²) >= 11 is 0. The first-order valence-corrected chi connectivity index (χ1v) is 9.47. The van der Waals surface area contributed by atoms with Crippen LogP contribution in [-0.2, 0) is 16.6 Å². The number of hydrogen-bond donors (Lipinski definition) is 2. The van der Waals surface area contributed by atoms with Crippen molar-refractivity contribution in [3.05, 3.63) is 18.0 Å². The molecule has 1 aromatic rings. The number of sulfonamides is 1. The SMILES string of the molecule is CCNCc1cc(S(=O)(=O)N2CCC3CCCCC32)c[nH]1. The molecule has 1 saturated carbocycles. The van der Waals surface area contributed by atoms with Gasteiger partial charge in [-0.3, -0.25) is 0 Å². The average Bonchev–Trinajstić information content (AvgIpc) is 3.12. The number of fused-ring (bicyclic) bond motifs is 1. The number of H-pyrrole nitrogens is 1. The second kappa shape index (κ2) is 6.10. The number of aromatic amines is 1. The van der Waals surface area contributed by atoms with Crippen molar-refractivity contribution >= 4 is 10.0 Å². The van der Waals surface area contributed by atoms with E-state index >= 15 is 0 Å². The van der Waals surface area contributed by atoms with Crippen molar-refractivity contribution < 1.29 is 8.42 Å². The summed E-state index contributed by atoms with van der Waals surface area (Å²) in [4.78, 5) is 3.49. The monoisotopic (exact) mass is 311 g/mol. The van der Waals surface area contributed by atoms with Gasteiger partial charge in [-0.1, -0.05) is 19.8 Å². The minimum atomic E-state index is -3.34. The molecule has 2 fully saturated rings. The molecule has 1 aliphatic heterocycles. The van der Waals surface area contributed by atoms with Crippen LogP contribution >= 0.6 is 0 Å². The van der Waals surface area contributed by atoms with Crippen molar-refractivity contribution in [2.24, 2.45) is 5.92 Å². The first kappa shape index (κ1) is 15.1. The van der Waals surface area contributed by atoms with Crippen molar-refractivity contribution in [3.63, 3.8) is 0 Å². The molecule has 118 valence electrons. The minimum absolute atomic E-state index is 0.232. The van der Waals surface area contributed by atoms with E-state index in [1.165, 1.54) is 12.8 Å². The zero-order valence-electron chi connectivity index (χ0n) is 12.6. The van der Waals surface area contributed by atoms with Crippen LogP contribution < -0.4 is 5.32 Å². The highest BCUT2D eigenvalue weighted by Gasteiger charge is 2.42. The van der Waals surface area contributed by atoms with Gasteiger partial charge in [0.1, 0.15) is 0 Å². The topological polar surface area (TPSA) is 65.2 Å². The van der Waals surface area contributed by atoms with Crippen molar-refractivity contribution in [2.45, 2.75) is 56.5 Å². The maximum atomic E-state index is 12.9. The summed E-state index contributed by atoms with van der Waals surface area (Å²) in [6, 6.07) is 2.00. The van der Waals surface area contributed by atoms with Crippen LogP contribution in [0.2, 0.25) is 0 Å². The molecule has 0 aromatic carbocycles. The molecule has 21 heavy (non-hydrogen) atoms. The van der Waals surface area contributed by atoms with Gasteiger partial charge >= 0.3 is 0 Å².